The van der Waals surface area contributed by atoms with Gasteiger partial charge in [-0.25, -0.2) is 0 Å². The molecule has 1 amide bonds. The van der Waals surface area contributed by atoms with E-state index in [1.807, 2.05) is 4.90 Å². The molecule has 3 rings (SSSR count). The van der Waals surface area contributed by atoms with Crippen LogP contribution in [0.2, 0.25) is 0 Å². The van der Waals surface area contributed by atoms with Crippen LogP contribution in [0.15, 0.2) is 4.52 Å². The van der Waals surface area contributed by atoms with Crippen molar-refractivity contribution >= 4 is 5.91 Å². The Morgan fingerprint density at radius 1 is 1.47 bits per heavy atom. The molecule has 1 aromatic heterocycles. The molecule has 2 aliphatic rings. The summed E-state index contributed by atoms with van der Waals surface area (Å²) in [6.07, 6.45) is 3.62. The minimum absolute atomic E-state index is 0.113. The van der Waals surface area contributed by atoms with E-state index in [9.17, 15) is 4.79 Å². The predicted molar refractivity (Wildman–Crippen MR) is 60.3 cm³/mol. The molecule has 1 aliphatic heterocycles. The average Bonchev–Trinajstić information content (AvgIpc) is 2.79. The molecule has 2 unspecified atom stereocenters. The van der Waals surface area contributed by atoms with E-state index in [2.05, 4.69) is 17.1 Å². The fourth-order valence-electron chi connectivity index (χ4n) is 2.38. The summed E-state index contributed by atoms with van der Waals surface area (Å²) >= 11 is 0. The zero-order chi connectivity index (χ0) is 11.8. The summed E-state index contributed by atoms with van der Waals surface area (Å²) < 4.78 is 5.14. The maximum Gasteiger partial charge on any atom is 0.236 e. The molecule has 17 heavy (non-hydrogen) atoms. The van der Waals surface area contributed by atoms with Crippen molar-refractivity contribution in [2.45, 2.75) is 38.5 Å². The van der Waals surface area contributed by atoms with Crippen molar-refractivity contribution < 1.29 is 9.32 Å². The third-order valence-corrected chi connectivity index (χ3v) is 3.69. The van der Waals surface area contributed by atoms with Crippen LogP contribution in [0.3, 0.4) is 0 Å². The number of carbonyl (C=O) groups is 1. The van der Waals surface area contributed by atoms with Crippen molar-refractivity contribution in [1.82, 2.24) is 15.0 Å². The molecule has 1 saturated heterocycles. The Labute approximate surface area is 100 Å². The number of aromatic nitrogens is 2. The van der Waals surface area contributed by atoms with Crippen LogP contribution < -0.4 is 0 Å². The predicted octanol–water partition coefficient (Wildman–Crippen LogP) is 1.36. The lowest BCUT2D eigenvalue weighted by Crippen LogP contribution is -2.29. The number of hydrogen-bond donors (Lipinski definition) is 0. The van der Waals surface area contributed by atoms with Gasteiger partial charge < -0.3 is 9.42 Å². The largest absolute Gasteiger partial charge is 0.342 e. The number of nitrogens with zero attached hydrogens (tertiary/aromatic N) is 3. The number of rotatable bonds is 3. The van der Waals surface area contributed by atoms with Gasteiger partial charge in [0.2, 0.25) is 11.8 Å². The van der Waals surface area contributed by atoms with Gasteiger partial charge in [-0.3, -0.25) is 4.79 Å². The standard InChI is InChI=1S/C12H17N3O2/c1-8-6-9(8)12-13-10(17-14-12)7-11(16)15-4-2-3-5-15/h8-9H,2-7H2,1H3. The molecule has 0 radical (unpaired) electrons. The van der Waals surface area contributed by atoms with Crippen LogP contribution in [0.25, 0.3) is 0 Å². The molecule has 5 heteroatoms. The second-order valence-corrected chi connectivity index (χ2v) is 5.13. The van der Waals surface area contributed by atoms with E-state index in [0.717, 1.165) is 38.2 Å². The van der Waals surface area contributed by atoms with Gasteiger partial charge in [0.25, 0.3) is 0 Å². The Bertz CT molecular complexity index is 423. The minimum atomic E-state index is 0.113. The van der Waals surface area contributed by atoms with Crippen LogP contribution in [0.1, 0.15) is 43.8 Å². The van der Waals surface area contributed by atoms with E-state index >= 15 is 0 Å². The maximum atomic E-state index is 11.9. The van der Waals surface area contributed by atoms with Gasteiger partial charge in [0.15, 0.2) is 5.82 Å². The van der Waals surface area contributed by atoms with E-state index in [0.29, 0.717) is 17.7 Å². The zero-order valence-corrected chi connectivity index (χ0v) is 10.1. The summed E-state index contributed by atoms with van der Waals surface area (Å²) in [5.41, 5.74) is 0. The summed E-state index contributed by atoms with van der Waals surface area (Å²) in [6.45, 7) is 3.93. The smallest absolute Gasteiger partial charge is 0.236 e. The topological polar surface area (TPSA) is 59.2 Å². The summed E-state index contributed by atoms with van der Waals surface area (Å²) in [7, 11) is 0. The summed E-state index contributed by atoms with van der Waals surface area (Å²) in [4.78, 5) is 18.1. The number of amides is 1. The summed E-state index contributed by atoms with van der Waals surface area (Å²) in [5.74, 6) is 2.48. The van der Waals surface area contributed by atoms with Gasteiger partial charge in [0.1, 0.15) is 6.42 Å². The van der Waals surface area contributed by atoms with Crippen molar-refractivity contribution in [3.05, 3.63) is 11.7 Å². The molecule has 1 aromatic rings. The first-order valence-corrected chi connectivity index (χ1v) is 6.34. The van der Waals surface area contributed by atoms with Crippen LogP contribution >= 0.6 is 0 Å². The molecule has 1 saturated carbocycles. The Morgan fingerprint density at radius 3 is 2.82 bits per heavy atom. The van der Waals surface area contributed by atoms with Crippen LogP contribution in [-0.4, -0.2) is 34.0 Å². The van der Waals surface area contributed by atoms with E-state index in [4.69, 9.17) is 4.52 Å². The molecule has 5 nitrogen and oxygen atoms in total. The summed E-state index contributed by atoms with van der Waals surface area (Å²) in [6, 6.07) is 0. The number of hydrogen-bond acceptors (Lipinski definition) is 4. The third kappa shape index (κ3) is 2.18. The van der Waals surface area contributed by atoms with Gasteiger partial charge in [-0.1, -0.05) is 12.1 Å². The van der Waals surface area contributed by atoms with E-state index in [1.165, 1.54) is 0 Å². The molecule has 0 aromatic carbocycles. The van der Waals surface area contributed by atoms with Gasteiger partial charge in [-0.2, -0.15) is 4.98 Å². The van der Waals surface area contributed by atoms with Gasteiger partial charge >= 0.3 is 0 Å². The monoisotopic (exact) mass is 235 g/mol. The SMILES string of the molecule is CC1CC1c1noc(CC(=O)N2CCCC2)n1. The van der Waals surface area contributed by atoms with Crippen molar-refractivity contribution in [3.8, 4) is 0 Å². The van der Waals surface area contributed by atoms with E-state index in [1.54, 1.807) is 0 Å². The Morgan fingerprint density at radius 2 is 2.18 bits per heavy atom. The zero-order valence-electron chi connectivity index (χ0n) is 10.1. The van der Waals surface area contributed by atoms with Crippen LogP contribution in [0, 0.1) is 5.92 Å². The molecule has 0 spiro atoms. The molecule has 2 fully saturated rings. The highest BCUT2D eigenvalue weighted by atomic mass is 16.5. The van der Waals surface area contributed by atoms with Gasteiger partial charge in [-0.15, -0.1) is 0 Å². The molecular weight excluding hydrogens is 218 g/mol. The highest BCUT2D eigenvalue weighted by molar-refractivity contribution is 5.78. The normalized spacial score (nSPS) is 27.5. The maximum absolute atomic E-state index is 11.9. The molecule has 1 aliphatic carbocycles. The molecule has 0 N–H and O–H groups in total. The Kier molecular flexibility index (Phi) is 2.61. The lowest BCUT2D eigenvalue weighted by Gasteiger charge is -2.13. The Balaban J connectivity index is 1.60. The highest BCUT2D eigenvalue weighted by Crippen LogP contribution is 2.45. The lowest BCUT2D eigenvalue weighted by molar-refractivity contribution is -0.129. The van der Waals surface area contributed by atoms with Gasteiger partial charge in [0.05, 0.1) is 0 Å². The first-order chi connectivity index (χ1) is 8.24. The minimum Gasteiger partial charge on any atom is -0.342 e. The fourth-order valence-corrected chi connectivity index (χ4v) is 2.38. The molecule has 2 atom stereocenters. The van der Waals surface area contributed by atoms with Crippen molar-refractivity contribution in [3.63, 3.8) is 0 Å². The van der Waals surface area contributed by atoms with Gasteiger partial charge in [-0.05, 0) is 25.2 Å². The third-order valence-electron chi connectivity index (χ3n) is 3.69. The Hall–Kier alpha value is -1.39. The first-order valence-electron chi connectivity index (χ1n) is 6.34. The lowest BCUT2D eigenvalue weighted by atomic mass is 10.3. The first kappa shape index (κ1) is 10.7. The molecule has 92 valence electrons. The van der Waals surface area contributed by atoms with Crippen LogP contribution in [0.4, 0.5) is 0 Å². The van der Waals surface area contributed by atoms with E-state index in [-0.39, 0.29) is 12.3 Å². The van der Waals surface area contributed by atoms with Crippen molar-refractivity contribution in [2.75, 3.05) is 13.1 Å². The van der Waals surface area contributed by atoms with E-state index < -0.39 is 0 Å². The summed E-state index contributed by atoms with van der Waals surface area (Å²) in [5, 5.41) is 3.95. The van der Waals surface area contributed by atoms with Crippen molar-refractivity contribution in [2.24, 2.45) is 5.92 Å². The van der Waals surface area contributed by atoms with Crippen LogP contribution in [-0.2, 0) is 11.2 Å². The van der Waals surface area contributed by atoms with Crippen molar-refractivity contribution in [1.29, 1.82) is 0 Å². The number of carbonyl (C=O) groups excluding carboxylic acids is 1. The average molecular weight is 235 g/mol. The molecule has 2 heterocycles. The highest BCUT2D eigenvalue weighted by Gasteiger charge is 2.38. The molecular formula is C12H17N3O2. The quantitative estimate of drug-likeness (QED) is 0.793. The van der Waals surface area contributed by atoms with Gasteiger partial charge in [0, 0.05) is 19.0 Å². The second kappa shape index (κ2) is 4.13. The fraction of sp³-hybridized carbons (Fsp3) is 0.750. The van der Waals surface area contributed by atoms with Crippen LogP contribution in [0.5, 0.6) is 0 Å². The molecule has 0 bridgehead atoms. The second-order valence-electron chi connectivity index (χ2n) is 5.13. The number of likely N-dealkylation sites (tertiary alicyclic amines) is 1.